The van der Waals surface area contributed by atoms with Crippen molar-refractivity contribution in [3.05, 3.63) is 108 Å². The maximum Gasteiger partial charge on any atom is 0.340 e. The van der Waals surface area contributed by atoms with Crippen molar-refractivity contribution in [2.24, 2.45) is 0 Å². The SMILES string of the molecule is O=C(OC[C@H]1OC(OC(=O)c2ccccc2)[C@@H]([18F])[C@@H]1OC(=O)c1ccccc1)c1ccccc1. The molecule has 7 nitrogen and oxygen atoms in total. The van der Waals surface area contributed by atoms with Gasteiger partial charge in [-0.3, -0.25) is 0 Å². The summed E-state index contributed by atoms with van der Waals surface area (Å²) < 4.78 is 36.6. The monoisotopic (exact) mass is 463 g/mol. The van der Waals surface area contributed by atoms with Crippen LogP contribution in [0.5, 0.6) is 0 Å². The molecular weight excluding hydrogens is 442 g/mol. The number of hydrogen-bond donors (Lipinski definition) is 0. The quantitative estimate of drug-likeness (QED) is 0.387. The molecule has 1 saturated heterocycles. The fraction of sp³-hybridized carbons (Fsp3) is 0.192. The number of rotatable bonds is 7. The first-order valence-corrected chi connectivity index (χ1v) is 10.6. The zero-order valence-corrected chi connectivity index (χ0v) is 17.9. The van der Waals surface area contributed by atoms with Crippen LogP contribution in [-0.2, 0) is 18.9 Å². The highest BCUT2D eigenvalue weighted by Crippen LogP contribution is 2.29. The third-order valence-corrected chi connectivity index (χ3v) is 5.12. The van der Waals surface area contributed by atoms with Crippen LogP contribution in [0.1, 0.15) is 31.1 Å². The van der Waals surface area contributed by atoms with Crippen LogP contribution < -0.4 is 0 Å². The summed E-state index contributed by atoms with van der Waals surface area (Å²) in [6.07, 6.45) is -6.31. The largest absolute Gasteiger partial charge is 0.459 e. The molecule has 3 aromatic rings. The van der Waals surface area contributed by atoms with Gasteiger partial charge >= 0.3 is 17.9 Å². The lowest BCUT2D eigenvalue weighted by Crippen LogP contribution is -2.37. The summed E-state index contributed by atoms with van der Waals surface area (Å²) in [5.74, 6) is -2.24. The van der Waals surface area contributed by atoms with Gasteiger partial charge in [-0.1, -0.05) is 54.6 Å². The Morgan fingerprint density at radius 2 is 1.12 bits per heavy atom. The van der Waals surface area contributed by atoms with E-state index in [9.17, 15) is 14.4 Å². The Hall–Kier alpha value is -4.04. The minimum absolute atomic E-state index is 0.204. The first-order valence-electron chi connectivity index (χ1n) is 10.6. The van der Waals surface area contributed by atoms with Crippen molar-refractivity contribution >= 4 is 17.9 Å². The first kappa shape index (κ1) is 23.1. The molecule has 4 rings (SSSR count). The standard InChI is InChI=1S/C26H21FO7/c27-21-22(33-24(29)18-12-6-2-7-13-18)20(16-31-23(28)17-10-4-1-5-11-17)32-26(21)34-25(30)19-14-8-3-9-15-19/h1-15,20-22,26H,16H2/t20-,21+,22-,26?/m1/s1/i27-1. The Labute approximate surface area is 195 Å². The third kappa shape index (κ3) is 5.47. The summed E-state index contributed by atoms with van der Waals surface area (Å²) in [7, 11) is 0. The van der Waals surface area contributed by atoms with Crippen LogP contribution in [0, 0.1) is 0 Å². The molecule has 1 unspecified atom stereocenters. The van der Waals surface area contributed by atoms with Gasteiger partial charge in [-0.15, -0.1) is 0 Å². The predicted octanol–water partition coefficient (Wildman–Crippen LogP) is 3.99. The topological polar surface area (TPSA) is 88.1 Å². The molecule has 3 aromatic carbocycles. The van der Waals surface area contributed by atoms with Gasteiger partial charge in [-0.2, -0.15) is 0 Å². The van der Waals surface area contributed by atoms with E-state index in [-0.39, 0.29) is 11.1 Å². The predicted molar refractivity (Wildman–Crippen MR) is 118 cm³/mol. The van der Waals surface area contributed by atoms with Crippen LogP contribution in [0.2, 0.25) is 0 Å². The van der Waals surface area contributed by atoms with Gasteiger partial charge in [0, 0.05) is 0 Å². The molecule has 34 heavy (non-hydrogen) atoms. The van der Waals surface area contributed by atoms with Crippen LogP contribution >= 0.6 is 0 Å². The van der Waals surface area contributed by atoms with Gasteiger partial charge in [0.25, 0.3) is 0 Å². The van der Waals surface area contributed by atoms with Gasteiger partial charge in [-0.05, 0) is 36.4 Å². The summed E-state index contributed by atoms with van der Waals surface area (Å²) in [6, 6.07) is 24.2. The lowest BCUT2D eigenvalue weighted by Gasteiger charge is -2.19. The molecule has 1 fully saturated rings. The van der Waals surface area contributed by atoms with Gasteiger partial charge in [-0.25, -0.2) is 18.8 Å². The Balaban J connectivity index is 1.47. The molecule has 4 atom stereocenters. The molecule has 174 valence electrons. The number of halogens is 1. The average Bonchev–Trinajstić information content (AvgIpc) is 3.17. The van der Waals surface area contributed by atoms with Crippen LogP contribution in [0.3, 0.4) is 0 Å². The Kier molecular flexibility index (Phi) is 7.29. The van der Waals surface area contributed by atoms with Crippen molar-refractivity contribution in [3.63, 3.8) is 0 Å². The second-order valence-electron chi connectivity index (χ2n) is 7.46. The highest BCUT2D eigenvalue weighted by molar-refractivity contribution is 5.90. The minimum Gasteiger partial charge on any atom is -0.459 e. The summed E-state index contributed by atoms with van der Waals surface area (Å²) >= 11 is 0. The molecule has 1 aliphatic rings. The van der Waals surface area contributed by atoms with E-state index < -0.39 is 49.2 Å². The van der Waals surface area contributed by atoms with Crippen molar-refractivity contribution in [1.29, 1.82) is 0 Å². The van der Waals surface area contributed by atoms with Crippen molar-refractivity contribution in [1.82, 2.24) is 0 Å². The zero-order valence-electron chi connectivity index (χ0n) is 17.9. The first-order chi connectivity index (χ1) is 16.5. The minimum atomic E-state index is -2.00. The number of carbonyl (C=O) groups is 3. The summed E-state index contributed by atoms with van der Waals surface area (Å²) in [4.78, 5) is 37.2. The Morgan fingerprint density at radius 1 is 0.676 bits per heavy atom. The van der Waals surface area contributed by atoms with Gasteiger partial charge in [0.2, 0.25) is 12.5 Å². The molecule has 0 aromatic heterocycles. The molecule has 0 saturated carbocycles. The number of alkyl halides is 1. The fourth-order valence-corrected chi connectivity index (χ4v) is 3.38. The van der Waals surface area contributed by atoms with E-state index in [0.29, 0.717) is 5.56 Å². The third-order valence-electron chi connectivity index (χ3n) is 5.12. The van der Waals surface area contributed by atoms with Crippen LogP contribution in [0.4, 0.5) is 4.39 Å². The van der Waals surface area contributed by atoms with Crippen LogP contribution in [0.25, 0.3) is 0 Å². The molecular formula is C26H21FO7. The number of hydrogen-bond acceptors (Lipinski definition) is 7. The number of esters is 3. The normalized spacial score (nSPS) is 21.4. The number of ether oxygens (including phenoxy) is 4. The van der Waals surface area contributed by atoms with Gasteiger partial charge in [0.15, 0.2) is 6.10 Å². The average molecular weight is 463 g/mol. The van der Waals surface area contributed by atoms with E-state index in [1.807, 2.05) is 0 Å². The van der Waals surface area contributed by atoms with Crippen molar-refractivity contribution in [3.8, 4) is 0 Å². The van der Waals surface area contributed by atoms with Gasteiger partial charge in [0.05, 0.1) is 16.7 Å². The molecule has 0 aliphatic carbocycles. The van der Waals surface area contributed by atoms with E-state index >= 15 is 4.39 Å². The maximum absolute atomic E-state index is 15.3. The zero-order chi connectivity index (χ0) is 23.9. The Morgan fingerprint density at radius 3 is 1.62 bits per heavy atom. The van der Waals surface area contributed by atoms with E-state index in [2.05, 4.69) is 0 Å². The molecule has 1 heterocycles. The molecule has 8 heteroatoms. The molecule has 0 bridgehead atoms. The molecule has 1 aliphatic heterocycles. The lowest BCUT2D eigenvalue weighted by atomic mass is 10.1. The number of benzene rings is 3. The Bertz CT molecular complexity index is 1120. The van der Waals surface area contributed by atoms with Crippen LogP contribution in [0.15, 0.2) is 91.0 Å². The maximum atomic E-state index is 15.3. The van der Waals surface area contributed by atoms with E-state index in [1.54, 1.807) is 66.7 Å². The highest BCUT2D eigenvalue weighted by Gasteiger charge is 2.50. The summed E-state index contributed by atoms with van der Waals surface area (Å²) in [5.41, 5.74) is 0.705. The molecule has 0 amide bonds. The van der Waals surface area contributed by atoms with Gasteiger partial charge in [0.1, 0.15) is 12.7 Å². The van der Waals surface area contributed by atoms with Crippen molar-refractivity contribution < 1.29 is 37.7 Å². The van der Waals surface area contributed by atoms with E-state index in [4.69, 9.17) is 18.9 Å². The summed E-state index contributed by atoms with van der Waals surface area (Å²) in [6.45, 7) is -0.416. The molecule has 0 spiro atoms. The summed E-state index contributed by atoms with van der Waals surface area (Å²) in [5, 5.41) is 0. The second kappa shape index (κ2) is 10.7. The second-order valence-corrected chi connectivity index (χ2v) is 7.46. The number of carbonyl (C=O) groups excluding carboxylic acids is 3. The van der Waals surface area contributed by atoms with Crippen molar-refractivity contribution in [2.75, 3.05) is 6.61 Å². The van der Waals surface area contributed by atoms with E-state index in [1.165, 1.54) is 24.3 Å². The van der Waals surface area contributed by atoms with Crippen LogP contribution in [-0.4, -0.2) is 49.2 Å². The van der Waals surface area contributed by atoms with Gasteiger partial charge < -0.3 is 18.9 Å². The fourth-order valence-electron chi connectivity index (χ4n) is 3.38. The molecule has 0 radical (unpaired) electrons. The smallest absolute Gasteiger partial charge is 0.340 e. The lowest BCUT2D eigenvalue weighted by molar-refractivity contribution is -0.129. The molecule has 0 N–H and O–H groups in total. The van der Waals surface area contributed by atoms with E-state index in [0.717, 1.165) is 0 Å². The highest BCUT2D eigenvalue weighted by atomic mass is 18.2. The van der Waals surface area contributed by atoms with Crippen molar-refractivity contribution in [2.45, 2.75) is 24.7 Å².